The second-order valence-electron chi connectivity index (χ2n) is 2.89. The Kier molecular flexibility index (Phi) is 6.71. The maximum absolute atomic E-state index is 11.8. The molecule has 0 aromatic carbocycles. The Balaban J connectivity index is 2.51. The number of hydrogen-bond acceptors (Lipinski definition) is 4. The van der Waals surface area contributed by atoms with Gasteiger partial charge in [0, 0.05) is 12.4 Å². The molecule has 0 atom stereocenters. The number of nitrogens with one attached hydrogen (secondary N) is 1. The molecule has 1 aromatic rings. The molecule has 0 bridgehead atoms. The average Bonchev–Trinajstić information content (AvgIpc) is 2.60. The molecule has 9 heteroatoms. The lowest BCUT2D eigenvalue weighted by Gasteiger charge is -2.04. The van der Waals surface area contributed by atoms with Crippen LogP contribution < -0.4 is 4.72 Å². The molecule has 0 aliphatic carbocycles. The molecule has 0 aliphatic heterocycles. The number of alkyl halides is 1. The molecule has 0 radical (unpaired) electrons. The van der Waals surface area contributed by atoms with E-state index in [-0.39, 0.29) is 17.4 Å². The van der Waals surface area contributed by atoms with Gasteiger partial charge in [0.25, 0.3) is 0 Å². The molecule has 1 N–H and O–H groups in total. The van der Waals surface area contributed by atoms with Crippen LogP contribution in [-0.2, 0) is 14.8 Å². The van der Waals surface area contributed by atoms with Crippen LogP contribution >= 0.6 is 50.5 Å². The zero-order valence-corrected chi connectivity index (χ0v) is 13.3. The Hall–Kier alpha value is 0.630. The van der Waals surface area contributed by atoms with E-state index >= 15 is 0 Å². The Bertz CT molecular complexity index is 444. The molecule has 0 saturated heterocycles. The van der Waals surface area contributed by atoms with Gasteiger partial charge >= 0.3 is 0 Å². The molecule has 1 aromatic heterocycles. The monoisotopic (exact) mass is 381 g/mol. The van der Waals surface area contributed by atoms with Gasteiger partial charge in [0.1, 0.15) is 4.21 Å². The van der Waals surface area contributed by atoms with E-state index in [0.29, 0.717) is 21.3 Å². The summed E-state index contributed by atoms with van der Waals surface area (Å²) in [6, 6.07) is 1.40. The van der Waals surface area contributed by atoms with E-state index < -0.39 is 10.0 Å². The van der Waals surface area contributed by atoms with E-state index in [2.05, 4.69) is 20.7 Å². The van der Waals surface area contributed by atoms with Crippen LogP contribution in [-0.4, -0.2) is 34.1 Å². The lowest BCUT2D eigenvalue weighted by atomic mass is 10.7. The Morgan fingerprint density at radius 1 is 1.47 bits per heavy atom. The standard InChI is InChI=1S/C8H10BrCl2NO3S2/c9-8-6(11)5-7(16-8)17(13,14)12-2-4-15-3-1-10/h5,12H,1-4H2. The van der Waals surface area contributed by atoms with Gasteiger partial charge in [-0.25, -0.2) is 13.1 Å². The molecule has 0 fully saturated rings. The van der Waals surface area contributed by atoms with E-state index in [1.165, 1.54) is 6.07 Å². The summed E-state index contributed by atoms with van der Waals surface area (Å²) in [5.41, 5.74) is 0. The minimum Gasteiger partial charge on any atom is -0.379 e. The lowest BCUT2D eigenvalue weighted by molar-refractivity contribution is 0.155. The molecular formula is C8H10BrCl2NO3S2. The number of thiophene rings is 1. The Labute approximate surface area is 122 Å². The largest absolute Gasteiger partial charge is 0.379 e. The van der Waals surface area contributed by atoms with Gasteiger partial charge < -0.3 is 4.74 Å². The highest BCUT2D eigenvalue weighted by Gasteiger charge is 2.18. The van der Waals surface area contributed by atoms with Crippen LogP contribution in [0, 0.1) is 0 Å². The van der Waals surface area contributed by atoms with E-state index in [0.717, 1.165) is 11.3 Å². The molecule has 98 valence electrons. The minimum atomic E-state index is -3.51. The first-order chi connectivity index (χ1) is 7.97. The summed E-state index contributed by atoms with van der Waals surface area (Å²) in [5, 5.41) is 0.383. The molecule has 0 aliphatic rings. The zero-order chi connectivity index (χ0) is 12.9. The first-order valence-corrected chi connectivity index (χ1v) is 8.56. The zero-order valence-electron chi connectivity index (χ0n) is 8.58. The summed E-state index contributed by atoms with van der Waals surface area (Å²) in [5.74, 6) is 0.389. The highest BCUT2D eigenvalue weighted by atomic mass is 79.9. The molecule has 0 spiro atoms. The predicted octanol–water partition coefficient (Wildman–Crippen LogP) is 2.70. The molecule has 0 saturated carbocycles. The fraction of sp³-hybridized carbons (Fsp3) is 0.500. The van der Waals surface area contributed by atoms with Crippen molar-refractivity contribution in [1.29, 1.82) is 0 Å². The summed E-state index contributed by atoms with van der Waals surface area (Å²) in [6.45, 7) is 0.887. The third-order valence-corrected chi connectivity index (χ3v) is 6.21. The first-order valence-electron chi connectivity index (χ1n) is 4.55. The minimum absolute atomic E-state index is 0.173. The van der Waals surface area contributed by atoms with Crippen LogP contribution in [0.15, 0.2) is 14.1 Å². The van der Waals surface area contributed by atoms with Gasteiger partial charge in [-0.3, -0.25) is 0 Å². The van der Waals surface area contributed by atoms with Gasteiger partial charge in [0.2, 0.25) is 10.0 Å². The first kappa shape index (κ1) is 15.7. The fourth-order valence-corrected chi connectivity index (χ4v) is 4.50. The number of halogens is 3. The van der Waals surface area contributed by atoms with Gasteiger partial charge in [-0.05, 0) is 22.0 Å². The lowest BCUT2D eigenvalue weighted by Crippen LogP contribution is -2.27. The summed E-state index contributed by atoms with van der Waals surface area (Å²) in [6.07, 6.45) is 0. The molecule has 0 unspecified atom stereocenters. The maximum Gasteiger partial charge on any atom is 0.250 e. The average molecular weight is 383 g/mol. The second kappa shape index (κ2) is 7.28. The molecular weight excluding hydrogens is 373 g/mol. The van der Waals surface area contributed by atoms with Gasteiger partial charge in [0.15, 0.2) is 0 Å². The molecule has 4 nitrogen and oxygen atoms in total. The van der Waals surface area contributed by atoms with Crippen molar-refractivity contribution < 1.29 is 13.2 Å². The summed E-state index contributed by atoms with van der Waals surface area (Å²) >= 11 is 15.4. The van der Waals surface area contributed by atoms with Gasteiger partial charge in [-0.15, -0.1) is 22.9 Å². The van der Waals surface area contributed by atoms with Crippen molar-refractivity contribution in [3.05, 3.63) is 14.9 Å². The second-order valence-corrected chi connectivity index (χ2v) is 8.04. The van der Waals surface area contributed by atoms with Gasteiger partial charge in [-0.2, -0.15) is 0 Å². The SMILES string of the molecule is O=S(=O)(NCCOCCCl)c1cc(Cl)c(Br)s1. The van der Waals surface area contributed by atoms with E-state index in [9.17, 15) is 8.42 Å². The predicted molar refractivity (Wildman–Crippen MR) is 73.8 cm³/mol. The third kappa shape index (κ3) is 5.02. The van der Waals surface area contributed by atoms with Crippen molar-refractivity contribution in [2.45, 2.75) is 4.21 Å². The smallest absolute Gasteiger partial charge is 0.250 e. The van der Waals surface area contributed by atoms with Crippen molar-refractivity contribution in [2.24, 2.45) is 0 Å². The van der Waals surface area contributed by atoms with Crippen molar-refractivity contribution >= 4 is 60.5 Å². The van der Waals surface area contributed by atoms with Crippen molar-refractivity contribution in [3.63, 3.8) is 0 Å². The van der Waals surface area contributed by atoms with E-state index in [1.54, 1.807) is 0 Å². The van der Waals surface area contributed by atoms with Gasteiger partial charge in [-0.1, -0.05) is 11.6 Å². The molecule has 1 rings (SSSR count). The van der Waals surface area contributed by atoms with E-state index in [1.807, 2.05) is 0 Å². The van der Waals surface area contributed by atoms with Crippen LogP contribution in [0.3, 0.4) is 0 Å². The molecule has 0 amide bonds. The fourth-order valence-electron chi connectivity index (χ4n) is 0.935. The number of sulfonamides is 1. The normalized spacial score (nSPS) is 11.9. The van der Waals surface area contributed by atoms with Crippen LogP contribution in [0.2, 0.25) is 5.02 Å². The van der Waals surface area contributed by atoms with Crippen molar-refractivity contribution in [3.8, 4) is 0 Å². The summed E-state index contributed by atoms with van der Waals surface area (Å²) < 4.78 is 31.8. The van der Waals surface area contributed by atoms with E-state index in [4.69, 9.17) is 27.9 Å². The number of rotatable bonds is 7. The summed E-state index contributed by atoms with van der Waals surface area (Å²) in [7, 11) is -3.51. The van der Waals surface area contributed by atoms with Crippen molar-refractivity contribution in [2.75, 3.05) is 25.6 Å². The molecule has 1 heterocycles. The summed E-state index contributed by atoms with van der Waals surface area (Å²) in [4.78, 5) is 0. The quantitative estimate of drug-likeness (QED) is 0.582. The Morgan fingerprint density at radius 3 is 2.71 bits per heavy atom. The Morgan fingerprint density at radius 2 is 2.18 bits per heavy atom. The van der Waals surface area contributed by atoms with Crippen LogP contribution in [0.5, 0.6) is 0 Å². The number of ether oxygens (including phenoxy) is 1. The number of hydrogen-bond donors (Lipinski definition) is 1. The van der Waals surface area contributed by atoms with Crippen LogP contribution in [0.1, 0.15) is 0 Å². The molecule has 17 heavy (non-hydrogen) atoms. The third-order valence-electron chi connectivity index (χ3n) is 1.65. The van der Waals surface area contributed by atoms with Gasteiger partial charge in [0.05, 0.1) is 22.0 Å². The van der Waals surface area contributed by atoms with Crippen LogP contribution in [0.4, 0.5) is 0 Å². The highest BCUT2D eigenvalue weighted by molar-refractivity contribution is 9.11. The maximum atomic E-state index is 11.8. The van der Waals surface area contributed by atoms with Crippen LogP contribution in [0.25, 0.3) is 0 Å². The highest BCUT2D eigenvalue weighted by Crippen LogP contribution is 2.34. The topological polar surface area (TPSA) is 55.4 Å². The van der Waals surface area contributed by atoms with Crippen molar-refractivity contribution in [1.82, 2.24) is 4.72 Å².